The lowest BCUT2D eigenvalue weighted by atomic mass is 9.79. The number of rotatable bonds is 8. The Hall–Kier alpha value is -2.63. The molecule has 1 aliphatic carbocycles. The van der Waals surface area contributed by atoms with Crippen LogP contribution in [-0.4, -0.2) is 101 Å². The maximum atomic E-state index is 13.5. The molecule has 1 amide bonds. The summed E-state index contributed by atoms with van der Waals surface area (Å²) in [6.07, 6.45) is 12.9. The van der Waals surface area contributed by atoms with Crippen LogP contribution in [0, 0.1) is 12.8 Å². The van der Waals surface area contributed by atoms with E-state index in [9.17, 15) is 13.2 Å². The summed E-state index contributed by atoms with van der Waals surface area (Å²) in [5.41, 5.74) is 2.49. The average molecular weight is 584 g/mol. The quantitative estimate of drug-likeness (QED) is 0.503. The van der Waals surface area contributed by atoms with E-state index >= 15 is 0 Å². The van der Waals surface area contributed by atoms with Crippen molar-refractivity contribution in [2.24, 2.45) is 5.92 Å². The normalized spacial score (nSPS) is 23.6. The predicted molar refractivity (Wildman–Crippen MR) is 160 cm³/mol. The molecule has 11 heteroatoms. The number of likely N-dealkylation sites (tertiary alicyclic amines) is 2. The van der Waals surface area contributed by atoms with Gasteiger partial charge >= 0.3 is 0 Å². The van der Waals surface area contributed by atoms with Crippen molar-refractivity contribution in [2.45, 2.75) is 76.3 Å². The topological polar surface area (TPSA) is 112 Å². The van der Waals surface area contributed by atoms with Crippen LogP contribution >= 0.6 is 0 Å². The first-order valence-corrected chi connectivity index (χ1v) is 17.0. The first-order chi connectivity index (χ1) is 19.7. The highest BCUT2D eigenvalue weighted by atomic mass is 32.2. The molecular formula is C30H45N7O3S. The van der Waals surface area contributed by atoms with Crippen molar-refractivity contribution in [1.82, 2.24) is 29.1 Å². The van der Waals surface area contributed by atoms with Crippen molar-refractivity contribution in [3.05, 3.63) is 47.7 Å². The smallest absolute Gasteiger partial charge is 0.272 e. The number of amides is 1. The van der Waals surface area contributed by atoms with E-state index in [1.54, 1.807) is 7.05 Å². The molecular weight excluding hydrogens is 538 g/mol. The number of anilines is 1. The fraction of sp³-hybridized carbons (Fsp3) is 0.667. The second-order valence-electron chi connectivity index (χ2n) is 12.1. The minimum absolute atomic E-state index is 0.0206. The van der Waals surface area contributed by atoms with E-state index in [1.807, 2.05) is 24.1 Å². The van der Waals surface area contributed by atoms with Crippen molar-refractivity contribution < 1.29 is 13.2 Å². The fourth-order valence-electron chi connectivity index (χ4n) is 6.92. The lowest BCUT2D eigenvalue weighted by molar-refractivity contribution is 0.0542. The number of aromatic nitrogens is 3. The molecule has 1 saturated carbocycles. The van der Waals surface area contributed by atoms with E-state index in [1.165, 1.54) is 41.8 Å². The lowest BCUT2D eigenvalue weighted by Gasteiger charge is -2.43. The maximum Gasteiger partial charge on any atom is 0.272 e. The highest BCUT2D eigenvalue weighted by Gasteiger charge is 2.33. The monoisotopic (exact) mass is 583 g/mol. The van der Waals surface area contributed by atoms with Gasteiger partial charge in [0.2, 0.25) is 10.0 Å². The van der Waals surface area contributed by atoms with Crippen LogP contribution in [0.15, 0.2) is 30.7 Å². The first-order valence-electron chi connectivity index (χ1n) is 15.1. The summed E-state index contributed by atoms with van der Waals surface area (Å²) in [4.78, 5) is 31.4. The number of pyridine rings is 1. The third-order valence-electron chi connectivity index (χ3n) is 9.54. The molecule has 5 rings (SSSR count). The van der Waals surface area contributed by atoms with E-state index in [0.717, 1.165) is 63.1 Å². The number of hydrogen-bond acceptors (Lipinski definition) is 8. The van der Waals surface area contributed by atoms with E-state index in [2.05, 4.69) is 37.3 Å². The Balaban J connectivity index is 1.11. The zero-order valence-electron chi connectivity index (χ0n) is 24.7. The van der Waals surface area contributed by atoms with Gasteiger partial charge in [-0.2, -0.15) is 0 Å². The van der Waals surface area contributed by atoms with Gasteiger partial charge in [0.05, 0.1) is 6.26 Å². The first kappa shape index (κ1) is 29.8. The van der Waals surface area contributed by atoms with Gasteiger partial charge in [0.25, 0.3) is 5.91 Å². The maximum absolute atomic E-state index is 13.5. The molecule has 0 spiro atoms. The van der Waals surface area contributed by atoms with Gasteiger partial charge in [0.1, 0.15) is 17.8 Å². The van der Waals surface area contributed by atoms with Crippen LogP contribution in [0.25, 0.3) is 0 Å². The minimum atomic E-state index is -3.16. The second-order valence-corrected chi connectivity index (χ2v) is 14.2. The van der Waals surface area contributed by atoms with E-state index in [0.29, 0.717) is 36.7 Å². The van der Waals surface area contributed by atoms with Crippen LogP contribution in [0.2, 0.25) is 0 Å². The number of nitrogens with zero attached hydrogens (tertiary/aromatic N) is 6. The summed E-state index contributed by atoms with van der Waals surface area (Å²) in [5.74, 6) is 1.77. The molecule has 2 aliphatic heterocycles. The van der Waals surface area contributed by atoms with E-state index in [4.69, 9.17) is 0 Å². The number of sulfonamides is 1. The molecule has 0 radical (unpaired) electrons. The summed E-state index contributed by atoms with van der Waals surface area (Å²) in [7, 11) is -1.48. The number of piperidine rings is 2. The van der Waals surface area contributed by atoms with Crippen LogP contribution in [0.3, 0.4) is 0 Å². The molecule has 2 saturated heterocycles. The van der Waals surface area contributed by atoms with Gasteiger partial charge in [0.15, 0.2) is 0 Å². The summed E-state index contributed by atoms with van der Waals surface area (Å²) in [6.45, 7) is 5.97. The van der Waals surface area contributed by atoms with Gasteiger partial charge in [-0.25, -0.2) is 22.7 Å². The lowest BCUT2D eigenvalue weighted by Crippen LogP contribution is -2.52. The zero-order chi connectivity index (χ0) is 29.0. The Morgan fingerprint density at radius 1 is 1.02 bits per heavy atom. The largest absolute Gasteiger partial charge is 0.369 e. The number of carbonyl (C=O) groups excluding carboxylic acids is 1. The SMILES string of the molecule is Cc1c(NCC2CCCC(c3ccccn3)C2)ncnc1C(=O)N1CCC(N2CCC(N(C)S(C)(=O)=O)CC2)CC1. The van der Waals surface area contributed by atoms with Crippen LogP contribution in [-0.2, 0) is 10.0 Å². The van der Waals surface area contributed by atoms with Gasteiger partial charge in [-0.05, 0) is 83.0 Å². The van der Waals surface area contributed by atoms with Crippen LogP contribution in [0.1, 0.15) is 79.0 Å². The molecule has 2 aromatic heterocycles. The highest BCUT2D eigenvalue weighted by Crippen LogP contribution is 2.35. The molecule has 2 aromatic rings. The molecule has 2 unspecified atom stereocenters. The molecule has 1 N–H and O–H groups in total. The standard InChI is InChI=1S/C30H45N7O3S/c1-22-28(33-21-34-29(22)32-20-23-7-6-8-24(19-23)27-9-4-5-14-31-27)30(38)37-17-12-26(13-18-37)36-15-10-25(11-16-36)35(2)41(3,39)40/h4-5,9,14,21,23-26H,6-8,10-13,15-20H2,1-3H3,(H,32,33,34). The molecule has 2 atom stereocenters. The Morgan fingerprint density at radius 2 is 1.78 bits per heavy atom. The van der Waals surface area contributed by atoms with Gasteiger partial charge < -0.3 is 15.1 Å². The fourth-order valence-corrected chi connectivity index (χ4v) is 7.67. The molecule has 4 heterocycles. The number of nitrogens with one attached hydrogen (secondary N) is 1. The molecule has 41 heavy (non-hydrogen) atoms. The van der Waals surface area contributed by atoms with E-state index < -0.39 is 10.0 Å². The molecule has 0 bridgehead atoms. The van der Waals surface area contributed by atoms with Crippen molar-refractivity contribution in [3.8, 4) is 0 Å². The third kappa shape index (κ3) is 7.24. The van der Waals surface area contributed by atoms with E-state index in [-0.39, 0.29) is 11.9 Å². The molecule has 10 nitrogen and oxygen atoms in total. The second kappa shape index (κ2) is 13.1. The van der Waals surface area contributed by atoms with Gasteiger partial charge in [-0.3, -0.25) is 9.78 Å². The average Bonchev–Trinajstić information content (AvgIpc) is 3.00. The molecule has 224 valence electrons. The van der Waals surface area contributed by atoms with Crippen LogP contribution in [0.5, 0.6) is 0 Å². The van der Waals surface area contributed by atoms with Gasteiger partial charge in [-0.1, -0.05) is 12.5 Å². The Morgan fingerprint density at radius 3 is 2.46 bits per heavy atom. The third-order valence-corrected chi connectivity index (χ3v) is 10.9. The summed E-state index contributed by atoms with van der Waals surface area (Å²) >= 11 is 0. The molecule has 3 aliphatic rings. The van der Waals surface area contributed by atoms with Crippen molar-refractivity contribution in [2.75, 3.05) is 51.3 Å². The van der Waals surface area contributed by atoms with Crippen LogP contribution < -0.4 is 5.32 Å². The summed E-state index contributed by atoms with van der Waals surface area (Å²) in [5, 5.41) is 3.53. The summed E-state index contributed by atoms with van der Waals surface area (Å²) < 4.78 is 25.3. The van der Waals surface area contributed by atoms with Crippen LogP contribution in [0.4, 0.5) is 5.82 Å². The van der Waals surface area contributed by atoms with Gasteiger partial charge in [-0.15, -0.1) is 0 Å². The van der Waals surface area contributed by atoms with Crippen molar-refractivity contribution in [3.63, 3.8) is 0 Å². The van der Waals surface area contributed by atoms with Crippen molar-refractivity contribution in [1.29, 1.82) is 0 Å². The van der Waals surface area contributed by atoms with Crippen molar-refractivity contribution >= 4 is 21.7 Å². The Kier molecular flexibility index (Phi) is 9.56. The Bertz CT molecular complexity index is 1280. The number of carbonyl (C=O) groups is 1. The highest BCUT2D eigenvalue weighted by molar-refractivity contribution is 7.88. The molecule has 3 fully saturated rings. The minimum Gasteiger partial charge on any atom is -0.369 e. The zero-order valence-corrected chi connectivity index (χ0v) is 25.5. The Labute approximate surface area is 245 Å². The molecule has 0 aromatic carbocycles. The predicted octanol–water partition coefficient (Wildman–Crippen LogP) is 3.53. The summed E-state index contributed by atoms with van der Waals surface area (Å²) in [6, 6.07) is 6.68. The number of hydrogen-bond donors (Lipinski definition) is 1. The van der Waals surface area contributed by atoms with Gasteiger partial charge in [0, 0.05) is 62.1 Å².